The highest BCUT2D eigenvalue weighted by Crippen LogP contribution is 2.19. The Morgan fingerprint density at radius 1 is 1.06 bits per heavy atom. The first-order valence-electron chi connectivity index (χ1n) is 10.5. The Morgan fingerprint density at radius 3 is 2.58 bits per heavy atom. The molecule has 5 nitrogen and oxygen atoms in total. The molecule has 162 valence electrons. The fourth-order valence-electron chi connectivity index (χ4n) is 4.14. The smallest absolute Gasteiger partial charge is 0.259 e. The number of nitrogens with one attached hydrogen (secondary N) is 1. The van der Waals surface area contributed by atoms with Crippen LogP contribution in [0.1, 0.15) is 28.0 Å². The molecule has 4 rings (SSSR count). The van der Waals surface area contributed by atoms with Crippen molar-refractivity contribution in [3.63, 3.8) is 0 Å². The van der Waals surface area contributed by atoms with Crippen molar-refractivity contribution in [2.45, 2.75) is 19.8 Å². The third-order valence-electron chi connectivity index (χ3n) is 5.88. The SMILES string of the molecule is Cc1ccc(F)c2c(=O)[nH]c(CCCN3CCN(C(=O)c4cccc(F)c4)CC3)cc12. The second kappa shape index (κ2) is 8.98. The third-order valence-corrected chi connectivity index (χ3v) is 5.88. The van der Waals surface area contributed by atoms with Crippen LogP contribution in [0.15, 0.2) is 47.3 Å². The van der Waals surface area contributed by atoms with Crippen molar-refractivity contribution in [1.82, 2.24) is 14.8 Å². The summed E-state index contributed by atoms with van der Waals surface area (Å²) in [5.41, 5.74) is 1.66. The average molecular weight is 425 g/mol. The third kappa shape index (κ3) is 4.66. The number of hydrogen-bond acceptors (Lipinski definition) is 3. The molecule has 0 radical (unpaired) electrons. The quantitative estimate of drug-likeness (QED) is 0.681. The summed E-state index contributed by atoms with van der Waals surface area (Å²) in [4.78, 5) is 31.7. The fourth-order valence-corrected chi connectivity index (χ4v) is 4.14. The summed E-state index contributed by atoms with van der Waals surface area (Å²) in [6.45, 7) is 5.40. The predicted octanol–water partition coefficient (Wildman–Crippen LogP) is 3.51. The molecule has 1 aliphatic rings. The molecule has 2 heterocycles. The molecule has 0 aliphatic carbocycles. The minimum absolute atomic E-state index is 0.114. The minimum Gasteiger partial charge on any atom is -0.336 e. The molecule has 1 aliphatic heterocycles. The van der Waals surface area contributed by atoms with Crippen LogP contribution in [0.3, 0.4) is 0 Å². The fraction of sp³-hybridized carbons (Fsp3) is 0.333. The molecule has 7 heteroatoms. The van der Waals surface area contributed by atoms with Crippen LogP contribution in [0, 0.1) is 18.6 Å². The summed E-state index contributed by atoms with van der Waals surface area (Å²) in [6.07, 6.45) is 1.53. The van der Waals surface area contributed by atoms with E-state index in [1.54, 1.807) is 23.1 Å². The van der Waals surface area contributed by atoms with Gasteiger partial charge in [-0.3, -0.25) is 14.5 Å². The van der Waals surface area contributed by atoms with E-state index in [-0.39, 0.29) is 11.3 Å². The summed E-state index contributed by atoms with van der Waals surface area (Å²) in [7, 11) is 0. The lowest BCUT2D eigenvalue weighted by Crippen LogP contribution is -2.48. The van der Waals surface area contributed by atoms with Gasteiger partial charge in [0.2, 0.25) is 0 Å². The van der Waals surface area contributed by atoms with Gasteiger partial charge in [0.25, 0.3) is 11.5 Å². The van der Waals surface area contributed by atoms with Gasteiger partial charge in [-0.05, 0) is 67.6 Å². The number of H-pyrrole nitrogens is 1. The lowest BCUT2D eigenvalue weighted by atomic mass is 10.0. The van der Waals surface area contributed by atoms with E-state index in [0.717, 1.165) is 37.3 Å². The van der Waals surface area contributed by atoms with E-state index in [9.17, 15) is 18.4 Å². The lowest BCUT2D eigenvalue weighted by molar-refractivity contribution is 0.0635. The highest BCUT2D eigenvalue weighted by Gasteiger charge is 2.22. The van der Waals surface area contributed by atoms with E-state index >= 15 is 0 Å². The van der Waals surface area contributed by atoms with Gasteiger partial charge in [0.1, 0.15) is 11.6 Å². The van der Waals surface area contributed by atoms with Gasteiger partial charge in [-0.15, -0.1) is 0 Å². The van der Waals surface area contributed by atoms with Crippen LogP contribution in [0.5, 0.6) is 0 Å². The first-order chi connectivity index (χ1) is 14.9. The molecule has 0 atom stereocenters. The van der Waals surface area contributed by atoms with Gasteiger partial charge >= 0.3 is 0 Å². The maximum atomic E-state index is 14.0. The molecule has 1 fully saturated rings. The van der Waals surface area contributed by atoms with Crippen molar-refractivity contribution in [3.8, 4) is 0 Å². The van der Waals surface area contributed by atoms with Crippen LogP contribution in [-0.4, -0.2) is 53.4 Å². The van der Waals surface area contributed by atoms with Crippen LogP contribution >= 0.6 is 0 Å². The van der Waals surface area contributed by atoms with Crippen LogP contribution < -0.4 is 5.56 Å². The number of piperazine rings is 1. The lowest BCUT2D eigenvalue weighted by Gasteiger charge is -2.34. The van der Waals surface area contributed by atoms with Gasteiger partial charge in [-0.1, -0.05) is 12.1 Å². The minimum atomic E-state index is -0.501. The summed E-state index contributed by atoms with van der Waals surface area (Å²) in [6, 6.07) is 10.7. The topological polar surface area (TPSA) is 56.4 Å². The van der Waals surface area contributed by atoms with Crippen molar-refractivity contribution in [3.05, 3.63) is 81.3 Å². The largest absolute Gasteiger partial charge is 0.336 e. The number of benzene rings is 2. The summed E-state index contributed by atoms with van der Waals surface area (Å²) in [5, 5.41) is 0.770. The van der Waals surface area contributed by atoms with E-state index in [0.29, 0.717) is 30.5 Å². The summed E-state index contributed by atoms with van der Waals surface area (Å²) >= 11 is 0. The number of hydrogen-bond donors (Lipinski definition) is 1. The van der Waals surface area contributed by atoms with Gasteiger partial charge in [-0.25, -0.2) is 8.78 Å². The predicted molar refractivity (Wildman–Crippen MR) is 116 cm³/mol. The molecule has 1 saturated heterocycles. The molecule has 1 amide bonds. The summed E-state index contributed by atoms with van der Waals surface area (Å²) in [5.74, 6) is -1.05. The van der Waals surface area contributed by atoms with Gasteiger partial charge in [0.05, 0.1) is 5.39 Å². The number of halogens is 2. The molecule has 3 aromatic rings. The van der Waals surface area contributed by atoms with Crippen LogP contribution in [0.2, 0.25) is 0 Å². The standard InChI is InChI=1S/C24H25F2N3O2/c1-16-7-8-21(26)22-20(16)15-19(27-23(22)30)6-3-9-28-10-12-29(13-11-28)24(31)17-4-2-5-18(25)14-17/h2,4-5,7-8,14-15H,3,6,9-13H2,1H3,(H,27,30). The van der Waals surface area contributed by atoms with Crippen LogP contribution in [0.4, 0.5) is 8.78 Å². The molecule has 1 aromatic heterocycles. The zero-order valence-corrected chi connectivity index (χ0v) is 17.5. The van der Waals surface area contributed by atoms with E-state index < -0.39 is 17.2 Å². The highest BCUT2D eigenvalue weighted by molar-refractivity contribution is 5.94. The van der Waals surface area contributed by atoms with E-state index in [4.69, 9.17) is 0 Å². The second-order valence-electron chi connectivity index (χ2n) is 8.02. The summed E-state index contributed by atoms with van der Waals surface area (Å²) < 4.78 is 27.4. The zero-order chi connectivity index (χ0) is 22.0. The number of pyridine rings is 1. The molecule has 0 unspecified atom stereocenters. The average Bonchev–Trinajstić information content (AvgIpc) is 2.76. The van der Waals surface area contributed by atoms with Crippen LogP contribution in [0.25, 0.3) is 10.8 Å². The second-order valence-corrected chi connectivity index (χ2v) is 8.02. The Labute approximate surface area is 179 Å². The van der Waals surface area contributed by atoms with Crippen molar-refractivity contribution in [1.29, 1.82) is 0 Å². The van der Waals surface area contributed by atoms with Crippen molar-refractivity contribution >= 4 is 16.7 Å². The van der Waals surface area contributed by atoms with E-state index in [1.807, 2.05) is 13.0 Å². The van der Waals surface area contributed by atoms with E-state index in [2.05, 4.69) is 9.88 Å². The number of aryl methyl sites for hydroxylation is 2. The molecular formula is C24H25F2N3O2. The number of carbonyl (C=O) groups is 1. The number of fused-ring (bicyclic) bond motifs is 1. The zero-order valence-electron chi connectivity index (χ0n) is 17.5. The van der Waals surface area contributed by atoms with Gasteiger partial charge in [0, 0.05) is 37.4 Å². The number of aromatic nitrogens is 1. The molecular weight excluding hydrogens is 400 g/mol. The number of nitrogens with zero attached hydrogens (tertiary/aromatic N) is 2. The van der Waals surface area contributed by atoms with E-state index in [1.165, 1.54) is 18.2 Å². The number of aromatic amines is 1. The van der Waals surface area contributed by atoms with Crippen molar-refractivity contribution in [2.75, 3.05) is 32.7 Å². The Hall–Kier alpha value is -3.06. The molecule has 0 spiro atoms. The Kier molecular flexibility index (Phi) is 6.13. The molecule has 2 aromatic carbocycles. The maximum absolute atomic E-state index is 14.0. The number of rotatable bonds is 5. The molecule has 1 N–H and O–H groups in total. The van der Waals surface area contributed by atoms with Crippen molar-refractivity contribution in [2.24, 2.45) is 0 Å². The molecule has 31 heavy (non-hydrogen) atoms. The van der Waals surface area contributed by atoms with Crippen LogP contribution in [-0.2, 0) is 6.42 Å². The monoisotopic (exact) mass is 425 g/mol. The van der Waals surface area contributed by atoms with Gasteiger partial charge in [-0.2, -0.15) is 0 Å². The van der Waals surface area contributed by atoms with Gasteiger partial charge < -0.3 is 9.88 Å². The number of carbonyl (C=O) groups excluding carboxylic acids is 1. The van der Waals surface area contributed by atoms with Crippen molar-refractivity contribution < 1.29 is 13.6 Å². The molecule has 0 bridgehead atoms. The Balaban J connectivity index is 1.31. The first kappa shape index (κ1) is 21.2. The van der Waals surface area contributed by atoms with Gasteiger partial charge in [0.15, 0.2) is 0 Å². The Bertz CT molecular complexity index is 1170. The highest BCUT2D eigenvalue weighted by atomic mass is 19.1. The Morgan fingerprint density at radius 2 is 1.84 bits per heavy atom. The molecule has 0 saturated carbocycles. The normalized spacial score (nSPS) is 14.9. The maximum Gasteiger partial charge on any atom is 0.259 e. The number of amides is 1. The first-order valence-corrected chi connectivity index (χ1v) is 10.5.